The minimum absolute atomic E-state index is 0.449. The number of ether oxygens (including phenoxy) is 1. The maximum absolute atomic E-state index is 11.5. The first-order chi connectivity index (χ1) is 8.66. The predicted molar refractivity (Wildman–Crippen MR) is 67.9 cm³/mol. The molecule has 2 heterocycles. The fraction of sp³-hybridized carbons (Fsp3) is 0.727. The Morgan fingerprint density at radius 3 is 2.89 bits per heavy atom. The van der Waals surface area contributed by atoms with Gasteiger partial charge in [-0.05, 0) is 6.42 Å². The fourth-order valence-electron chi connectivity index (χ4n) is 1.95. The van der Waals surface area contributed by atoms with Crippen LogP contribution in [-0.4, -0.2) is 39.2 Å². The summed E-state index contributed by atoms with van der Waals surface area (Å²) < 4.78 is 9.43. The van der Waals surface area contributed by atoms with Gasteiger partial charge in [-0.1, -0.05) is 6.92 Å². The third kappa shape index (κ3) is 2.78. The second-order valence-electron chi connectivity index (χ2n) is 4.39. The van der Waals surface area contributed by atoms with Crippen LogP contribution in [0.3, 0.4) is 0 Å². The number of carbonyl (C=O) groups is 1. The van der Waals surface area contributed by atoms with Gasteiger partial charge < -0.3 is 15.2 Å². The highest BCUT2D eigenvalue weighted by Gasteiger charge is 2.41. The third-order valence-electron chi connectivity index (χ3n) is 3.04. The molecule has 1 aliphatic rings. The van der Waals surface area contributed by atoms with Gasteiger partial charge in [0.1, 0.15) is 11.4 Å². The number of hydrogen-bond acceptors (Lipinski definition) is 6. The predicted octanol–water partition coefficient (Wildman–Crippen LogP) is 1.54. The normalized spacial score (nSPS) is 18.5. The molecule has 1 fully saturated rings. The first kappa shape index (κ1) is 13.2. The van der Waals surface area contributed by atoms with Gasteiger partial charge in [-0.3, -0.25) is 0 Å². The van der Waals surface area contributed by atoms with Gasteiger partial charge in [-0.15, -0.1) is 0 Å². The molecule has 0 unspecified atom stereocenters. The van der Waals surface area contributed by atoms with Crippen molar-refractivity contribution < 1.29 is 14.6 Å². The van der Waals surface area contributed by atoms with Crippen LogP contribution in [0.4, 0.5) is 5.13 Å². The van der Waals surface area contributed by atoms with Gasteiger partial charge in [-0.2, -0.15) is 4.37 Å². The molecule has 6 nitrogen and oxygen atoms in total. The van der Waals surface area contributed by atoms with E-state index >= 15 is 0 Å². The zero-order valence-corrected chi connectivity index (χ0v) is 11.1. The molecule has 2 N–H and O–H groups in total. The SMILES string of the molecule is CCCc1nsc(NC2(C(=O)O)CCOCC2)n1. The van der Waals surface area contributed by atoms with Crippen LogP contribution >= 0.6 is 11.5 Å². The Morgan fingerprint density at radius 2 is 2.28 bits per heavy atom. The molecule has 0 atom stereocenters. The summed E-state index contributed by atoms with van der Waals surface area (Å²) in [7, 11) is 0. The Bertz CT molecular complexity index is 415. The smallest absolute Gasteiger partial charge is 0.329 e. The van der Waals surface area contributed by atoms with Crippen LogP contribution < -0.4 is 5.32 Å². The molecule has 18 heavy (non-hydrogen) atoms. The van der Waals surface area contributed by atoms with E-state index in [1.165, 1.54) is 11.5 Å². The Kier molecular flexibility index (Phi) is 4.13. The molecule has 0 radical (unpaired) electrons. The first-order valence-corrected chi connectivity index (χ1v) is 6.85. The van der Waals surface area contributed by atoms with Crippen molar-refractivity contribution >= 4 is 22.6 Å². The summed E-state index contributed by atoms with van der Waals surface area (Å²) in [6, 6.07) is 0. The largest absolute Gasteiger partial charge is 0.480 e. The highest BCUT2D eigenvalue weighted by molar-refractivity contribution is 7.09. The topological polar surface area (TPSA) is 84.3 Å². The number of carboxylic acids is 1. The first-order valence-electron chi connectivity index (χ1n) is 6.08. The van der Waals surface area contributed by atoms with Gasteiger partial charge in [0.2, 0.25) is 5.13 Å². The summed E-state index contributed by atoms with van der Waals surface area (Å²) >= 11 is 1.22. The van der Waals surface area contributed by atoms with Crippen LogP contribution in [0.25, 0.3) is 0 Å². The molecule has 1 saturated heterocycles. The standard InChI is InChI=1S/C11H17N3O3S/c1-2-3-8-12-10(18-14-8)13-11(9(15)16)4-6-17-7-5-11/h2-7H2,1H3,(H,15,16)(H,12,13,14). The van der Waals surface area contributed by atoms with Crippen molar-refractivity contribution in [3.05, 3.63) is 5.82 Å². The van der Waals surface area contributed by atoms with E-state index in [0.29, 0.717) is 31.2 Å². The maximum Gasteiger partial charge on any atom is 0.329 e. The number of aryl methyl sites for hydroxylation is 1. The second-order valence-corrected chi connectivity index (χ2v) is 5.14. The summed E-state index contributed by atoms with van der Waals surface area (Å²) in [5.74, 6) is -0.0735. The second kappa shape index (κ2) is 5.62. The summed E-state index contributed by atoms with van der Waals surface area (Å²) in [6.45, 7) is 2.98. The van der Waals surface area contributed by atoms with Gasteiger partial charge in [0, 0.05) is 44.0 Å². The minimum atomic E-state index is -0.957. The molecule has 1 aromatic heterocycles. The monoisotopic (exact) mass is 271 g/mol. The Balaban J connectivity index is 2.10. The van der Waals surface area contributed by atoms with Gasteiger partial charge >= 0.3 is 5.97 Å². The van der Waals surface area contributed by atoms with Crippen molar-refractivity contribution in [3.8, 4) is 0 Å². The van der Waals surface area contributed by atoms with Gasteiger partial charge in [-0.25, -0.2) is 9.78 Å². The molecule has 2 rings (SSSR count). The molecule has 1 aromatic rings. The van der Waals surface area contributed by atoms with E-state index in [2.05, 4.69) is 21.6 Å². The average Bonchev–Trinajstić information content (AvgIpc) is 2.78. The minimum Gasteiger partial charge on any atom is -0.480 e. The lowest BCUT2D eigenvalue weighted by Crippen LogP contribution is -2.50. The van der Waals surface area contributed by atoms with Crippen molar-refractivity contribution in [2.24, 2.45) is 0 Å². The molecular formula is C11H17N3O3S. The summed E-state index contributed by atoms with van der Waals surface area (Å²) in [5, 5.41) is 13.0. The van der Waals surface area contributed by atoms with Crippen LogP contribution in [-0.2, 0) is 16.0 Å². The quantitative estimate of drug-likeness (QED) is 0.845. The van der Waals surface area contributed by atoms with E-state index in [1.807, 2.05) is 0 Å². The molecule has 1 aliphatic heterocycles. The Hall–Kier alpha value is -1.21. The zero-order valence-electron chi connectivity index (χ0n) is 10.3. The van der Waals surface area contributed by atoms with Gasteiger partial charge in [0.15, 0.2) is 0 Å². The molecule has 0 amide bonds. The number of carboxylic acid groups (broad SMARTS) is 1. The number of aromatic nitrogens is 2. The molecule has 0 bridgehead atoms. The average molecular weight is 271 g/mol. The number of nitrogens with one attached hydrogen (secondary N) is 1. The summed E-state index contributed by atoms with van der Waals surface area (Å²) in [6.07, 6.45) is 2.70. The van der Waals surface area contributed by atoms with Crippen molar-refractivity contribution in [1.29, 1.82) is 0 Å². The van der Waals surface area contributed by atoms with E-state index in [0.717, 1.165) is 18.7 Å². The number of hydrogen-bond donors (Lipinski definition) is 2. The molecular weight excluding hydrogens is 254 g/mol. The number of aliphatic carboxylic acids is 1. The Labute approximate surface area is 110 Å². The molecule has 0 aliphatic carbocycles. The van der Waals surface area contributed by atoms with Gasteiger partial charge in [0.05, 0.1) is 0 Å². The van der Waals surface area contributed by atoms with Crippen LogP contribution in [0.15, 0.2) is 0 Å². The number of anilines is 1. The maximum atomic E-state index is 11.5. The summed E-state index contributed by atoms with van der Waals surface area (Å²) in [4.78, 5) is 15.8. The van der Waals surface area contributed by atoms with E-state index in [4.69, 9.17) is 4.74 Å². The van der Waals surface area contributed by atoms with E-state index in [9.17, 15) is 9.90 Å². The van der Waals surface area contributed by atoms with Crippen molar-refractivity contribution in [1.82, 2.24) is 9.36 Å². The third-order valence-corrected chi connectivity index (χ3v) is 3.71. The lowest BCUT2D eigenvalue weighted by Gasteiger charge is -2.33. The van der Waals surface area contributed by atoms with E-state index in [1.54, 1.807) is 0 Å². The van der Waals surface area contributed by atoms with Crippen LogP contribution in [0.5, 0.6) is 0 Å². The van der Waals surface area contributed by atoms with Crippen LogP contribution in [0.2, 0.25) is 0 Å². The van der Waals surface area contributed by atoms with E-state index < -0.39 is 11.5 Å². The highest BCUT2D eigenvalue weighted by Crippen LogP contribution is 2.27. The van der Waals surface area contributed by atoms with E-state index in [-0.39, 0.29) is 0 Å². The number of nitrogens with zero attached hydrogens (tertiary/aromatic N) is 2. The molecule has 0 aromatic carbocycles. The van der Waals surface area contributed by atoms with Gasteiger partial charge in [0.25, 0.3) is 0 Å². The fourth-order valence-corrected chi connectivity index (χ4v) is 2.66. The zero-order chi connectivity index (χ0) is 13.0. The molecule has 7 heteroatoms. The molecule has 0 spiro atoms. The summed E-state index contributed by atoms with van der Waals surface area (Å²) in [5.41, 5.74) is -0.957. The number of rotatable bonds is 5. The van der Waals surface area contributed by atoms with Crippen LogP contribution in [0.1, 0.15) is 32.0 Å². The van der Waals surface area contributed by atoms with Crippen molar-refractivity contribution in [2.75, 3.05) is 18.5 Å². The Morgan fingerprint density at radius 1 is 1.56 bits per heavy atom. The van der Waals surface area contributed by atoms with Crippen molar-refractivity contribution in [2.45, 2.75) is 38.1 Å². The van der Waals surface area contributed by atoms with Crippen molar-refractivity contribution in [3.63, 3.8) is 0 Å². The lowest BCUT2D eigenvalue weighted by atomic mass is 9.90. The van der Waals surface area contributed by atoms with Crippen LogP contribution in [0, 0.1) is 0 Å². The lowest BCUT2D eigenvalue weighted by molar-refractivity contribution is -0.145. The highest BCUT2D eigenvalue weighted by atomic mass is 32.1. The molecule has 100 valence electrons. The molecule has 0 saturated carbocycles.